The van der Waals surface area contributed by atoms with E-state index in [1.165, 1.54) is 0 Å². The van der Waals surface area contributed by atoms with E-state index in [1.54, 1.807) is 6.07 Å². The molecule has 2 N–H and O–H groups in total. The van der Waals surface area contributed by atoms with E-state index in [1.807, 2.05) is 19.9 Å². The summed E-state index contributed by atoms with van der Waals surface area (Å²) >= 11 is 0. The van der Waals surface area contributed by atoms with Crippen molar-refractivity contribution in [2.45, 2.75) is 20.3 Å². The van der Waals surface area contributed by atoms with Gasteiger partial charge in [-0.3, -0.25) is 0 Å². The second-order valence-electron chi connectivity index (χ2n) is 2.47. The van der Waals surface area contributed by atoms with Crippen molar-refractivity contribution in [1.29, 1.82) is 0 Å². The predicted octanol–water partition coefficient (Wildman–Crippen LogP) is 1.62. The number of nitrogen functional groups attached to an aromatic ring is 1. The van der Waals surface area contributed by atoms with Crippen LogP contribution in [0, 0.1) is 0 Å². The maximum Gasteiger partial charge on any atom is 0.140 e. The molecule has 0 aliphatic heterocycles. The van der Waals surface area contributed by atoms with E-state index in [2.05, 4.69) is 4.98 Å². The van der Waals surface area contributed by atoms with Crippen LogP contribution in [0.25, 0.3) is 0 Å². The van der Waals surface area contributed by atoms with E-state index >= 15 is 0 Å². The molecule has 12 heavy (non-hydrogen) atoms. The molecule has 3 nitrogen and oxygen atoms in total. The molecule has 1 aromatic heterocycles. The predicted molar refractivity (Wildman–Crippen MR) is 49.2 cm³/mol. The van der Waals surface area contributed by atoms with Gasteiger partial charge >= 0.3 is 0 Å². The Hall–Kier alpha value is -1.25. The summed E-state index contributed by atoms with van der Waals surface area (Å²) in [5.74, 6) is 1.39. The highest BCUT2D eigenvalue weighted by Crippen LogP contribution is 2.17. The number of aryl methyl sites for hydroxylation is 1. The average molecular weight is 166 g/mol. The number of ether oxygens (including phenoxy) is 1. The van der Waals surface area contributed by atoms with Gasteiger partial charge in [-0.15, -0.1) is 0 Å². The number of hydrogen-bond donors (Lipinski definition) is 1. The average Bonchev–Trinajstić information content (AvgIpc) is 2.08. The smallest absolute Gasteiger partial charge is 0.140 e. The van der Waals surface area contributed by atoms with E-state index in [0.717, 1.165) is 17.9 Å². The van der Waals surface area contributed by atoms with Crippen molar-refractivity contribution in [1.82, 2.24) is 4.98 Å². The van der Waals surface area contributed by atoms with Gasteiger partial charge in [0.25, 0.3) is 0 Å². The molecule has 0 saturated heterocycles. The van der Waals surface area contributed by atoms with Crippen LogP contribution in [-0.2, 0) is 6.42 Å². The summed E-state index contributed by atoms with van der Waals surface area (Å²) in [4.78, 5) is 4.16. The first kappa shape index (κ1) is 8.84. The Balaban J connectivity index is 2.94. The fourth-order valence-electron chi connectivity index (χ4n) is 1.05. The lowest BCUT2D eigenvalue weighted by Crippen LogP contribution is -2.00. The Morgan fingerprint density at radius 1 is 1.42 bits per heavy atom. The lowest BCUT2D eigenvalue weighted by atomic mass is 10.2. The number of nitrogens with two attached hydrogens (primary N) is 1. The fourth-order valence-corrected chi connectivity index (χ4v) is 1.05. The van der Waals surface area contributed by atoms with Crippen molar-refractivity contribution < 1.29 is 4.74 Å². The molecule has 0 aliphatic carbocycles. The molecule has 0 fully saturated rings. The number of anilines is 1. The molecule has 1 heterocycles. The molecule has 3 heteroatoms. The maximum absolute atomic E-state index is 5.53. The highest BCUT2D eigenvalue weighted by atomic mass is 16.5. The minimum absolute atomic E-state index is 0.551. The van der Waals surface area contributed by atoms with E-state index in [0.29, 0.717) is 12.4 Å². The number of nitrogens with zero attached hydrogens (tertiary/aromatic N) is 1. The largest absolute Gasteiger partial charge is 0.492 e. The molecule has 0 atom stereocenters. The Kier molecular flexibility index (Phi) is 2.91. The zero-order chi connectivity index (χ0) is 8.97. The third kappa shape index (κ3) is 1.87. The third-order valence-electron chi connectivity index (χ3n) is 1.59. The highest BCUT2D eigenvalue weighted by Gasteiger charge is 2.02. The summed E-state index contributed by atoms with van der Waals surface area (Å²) in [5, 5.41) is 0. The van der Waals surface area contributed by atoms with Gasteiger partial charge in [-0.2, -0.15) is 0 Å². The minimum Gasteiger partial charge on any atom is -0.492 e. The van der Waals surface area contributed by atoms with Crippen LogP contribution in [0.1, 0.15) is 19.5 Å². The summed E-state index contributed by atoms with van der Waals surface area (Å²) in [6, 6.07) is 3.62. The lowest BCUT2D eigenvalue weighted by molar-refractivity contribution is 0.335. The van der Waals surface area contributed by atoms with Crippen molar-refractivity contribution in [2.75, 3.05) is 12.3 Å². The first-order valence-corrected chi connectivity index (χ1v) is 4.16. The Morgan fingerprint density at radius 3 is 2.75 bits per heavy atom. The van der Waals surface area contributed by atoms with Crippen LogP contribution in [0.2, 0.25) is 0 Å². The van der Waals surface area contributed by atoms with Gasteiger partial charge in [0.05, 0.1) is 12.3 Å². The van der Waals surface area contributed by atoms with Crippen molar-refractivity contribution in [3.63, 3.8) is 0 Å². The Morgan fingerprint density at radius 2 is 2.17 bits per heavy atom. The molecular weight excluding hydrogens is 152 g/mol. The number of hydrogen-bond acceptors (Lipinski definition) is 3. The van der Waals surface area contributed by atoms with Gasteiger partial charge in [0, 0.05) is 0 Å². The van der Waals surface area contributed by atoms with Gasteiger partial charge in [-0.25, -0.2) is 4.98 Å². The molecule has 1 rings (SSSR count). The van der Waals surface area contributed by atoms with Crippen molar-refractivity contribution in [3.05, 3.63) is 17.8 Å². The summed E-state index contributed by atoms with van der Waals surface area (Å²) in [5.41, 5.74) is 6.46. The van der Waals surface area contributed by atoms with E-state index in [4.69, 9.17) is 10.5 Å². The summed E-state index contributed by atoms with van der Waals surface area (Å²) in [6.07, 6.45) is 0.848. The second-order valence-corrected chi connectivity index (χ2v) is 2.47. The summed E-state index contributed by atoms with van der Waals surface area (Å²) < 4.78 is 5.36. The molecule has 66 valence electrons. The SMILES string of the molecule is CCOc1ccc(N)nc1CC. The molecular formula is C9H14N2O. The first-order chi connectivity index (χ1) is 5.77. The topological polar surface area (TPSA) is 48.1 Å². The number of rotatable bonds is 3. The van der Waals surface area contributed by atoms with Gasteiger partial charge in [0.15, 0.2) is 0 Å². The molecule has 0 aliphatic rings. The monoisotopic (exact) mass is 166 g/mol. The molecule has 0 radical (unpaired) electrons. The zero-order valence-corrected chi connectivity index (χ0v) is 7.50. The first-order valence-electron chi connectivity index (χ1n) is 4.16. The summed E-state index contributed by atoms with van der Waals surface area (Å²) in [6.45, 7) is 4.65. The van der Waals surface area contributed by atoms with Gasteiger partial charge in [-0.05, 0) is 25.5 Å². The zero-order valence-electron chi connectivity index (χ0n) is 7.50. The molecule has 0 amide bonds. The van der Waals surface area contributed by atoms with E-state index in [9.17, 15) is 0 Å². The molecule has 1 aromatic rings. The molecule has 0 bridgehead atoms. The lowest BCUT2D eigenvalue weighted by Gasteiger charge is -2.07. The van der Waals surface area contributed by atoms with Crippen LogP contribution in [-0.4, -0.2) is 11.6 Å². The molecule has 0 spiro atoms. The molecule has 0 unspecified atom stereocenters. The third-order valence-corrected chi connectivity index (χ3v) is 1.59. The fraction of sp³-hybridized carbons (Fsp3) is 0.444. The highest BCUT2D eigenvalue weighted by molar-refractivity contribution is 5.38. The quantitative estimate of drug-likeness (QED) is 0.742. The van der Waals surface area contributed by atoms with Crippen molar-refractivity contribution in [3.8, 4) is 5.75 Å². The standard InChI is InChI=1S/C9H14N2O/c1-3-7-8(12-4-2)5-6-9(10)11-7/h5-6H,3-4H2,1-2H3,(H2,10,11). The Bertz CT molecular complexity index is 261. The maximum atomic E-state index is 5.53. The van der Waals surface area contributed by atoms with Gasteiger partial charge in [0.1, 0.15) is 11.6 Å². The van der Waals surface area contributed by atoms with Gasteiger partial charge in [0.2, 0.25) is 0 Å². The number of pyridine rings is 1. The summed E-state index contributed by atoms with van der Waals surface area (Å²) in [7, 11) is 0. The normalized spacial score (nSPS) is 9.83. The van der Waals surface area contributed by atoms with Crippen molar-refractivity contribution >= 4 is 5.82 Å². The van der Waals surface area contributed by atoms with Crippen LogP contribution in [0.4, 0.5) is 5.82 Å². The van der Waals surface area contributed by atoms with Crippen LogP contribution in [0.3, 0.4) is 0 Å². The van der Waals surface area contributed by atoms with Crippen LogP contribution >= 0.6 is 0 Å². The van der Waals surface area contributed by atoms with E-state index < -0.39 is 0 Å². The van der Waals surface area contributed by atoms with E-state index in [-0.39, 0.29) is 0 Å². The van der Waals surface area contributed by atoms with Crippen LogP contribution in [0.15, 0.2) is 12.1 Å². The molecule has 0 aromatic carbocycles. The second kappa shape index (κ2) is 3.95. The van der Waals surface area contributed by atoms with Gasteiger partial charge in [-0.1, -0.05) is 6.92 Å². The molecule has 0 saturated carbocycles. The van der Waals surface area contributed by atoms with Crippen LogP contribution < -0.4 is 10.5 Å². The Labute approximate surface area is 72.6 Å². The van der Waals surface area contributed by atoms with Crippen LogP contribution in [0.5, 0.6) is 5.75 Å². The van der Waals surface area contributed by atoms with Crippen molar-refractivity contribution in [2.24, 2.45) is 0 Å². The minimum atomic E-state index is 0.551. The number of aromatic nitrogens is 1. The van der Waals surface area contributed by atoms with Gasteiger partial charge < -0.3 is 10.5 Å².